The molecule has 1 nitrogen and oxygen atoms in total. The highest BCUT2D eigenvalue weighted by atomic mass is 35.5. The van der Waals surface area contributed by atoms with E-state index < -0.39 is 17.5 Å². The van der Waals surface area contributed by atoms with E-state index >= 15 is 0 Å². The maximum Gasteiger partial charge on any atom is 0.163 e. The first-order valence-corrected chi connectivity index (χ1v) is 4.06. The SMILES string of the molecule is Cl.Fc1cc(F)c(F)c([C@@H]2CCN2)c1. The van der Waals surface area contributed by atoms with Crippen LogP contribution in [0.15, 0.2) is 12.1 Å². The molecule has 1 saturated heterocycles. The van der Waals surface area contributed by atoms with Crippen molar-refractivity contribution in [3.63, 3.8) is 0 Å². The molecule has 1 fully saturated rings. The summed E-state index contributed by atoms with van der Waals surface area (Å²) >= 11 is 0. The Morgan fingerprint density at radius 1 is 1.21 bits per heavy atom. The van der Waals surface area contributed by atoms with Crippen LogP contribution in [-0.2, 0) is 0 Å². The summed E-state index contributed by atoms with van der Waals surface area (Å²) in [5.74, 6) is -2.80. The molecule has 0 aromatic heterocycles. The number of rotatable bonds is 1. The molecule has 0 saturated carbocycles. The average molecular weight is 224 g/mol. The minimum Gasteiger partial charge on any atom is -0.310 e. The van der Waals surface area contributed by atoms with Crippen LogP contribution < -0.4 is 5.32 Å². The second-order valence-electron chi connectivity index (χ2n) is 3.09. The predicted molar refractivity (Wildman–Crippen MR) is 48.9 cm³/mol. The molecule has 1 heterocycles. The number of halogens is 4. The van der Waals surface area contributed by atoms with E-state index in [1.807, 2.05) is 0 Å². The van der Waals surface area contributed by atoms with Gasteiger partial charge in [0.25, 0.3) is 0 Å². The average Bonchev–Trinajstić information content (AvgIpc) is 1.95. The minimum absolute atomic E-state index is 0. The fraction of sp³-hybridized carbons (Fsp3) is 0.333. The Kier molecular flexibility index (Phi) is 3.39. The third-order valence-corrected chi connectivity index (χ3v) is 2.22. The van der Waals surface area contributed by atoms with E-state index in [0.29, 0.717) is 6.07 Å². The standard InChI is InChI=1S/C9H8F3N.ClH/c10-5-3-6(8-1-2-13-8)9(12)7(11)4-5;/h3-4,8,13H,1-2H2;1H/t8-;/m0./s1. The van der Waals surface area contributed by atoms with Crippen molar-refractivity contribution < 1.29 is 13.2 Å². The first kappa shape index (κ1) is 11.3. The zero-order valence-corrected chi connectivity index (χ0v) is 8.00. The van der Waals surface area contributed by atoms with E-state index in [0.717, 1.165) is 19.0 Å². The Morgan fingerprint density at radius 3 is 2.36 bits per heavy atom. The van der Waals surface area contributed by atoms with Crippen molar-refractivity contribution in [2.24, 2.45) is 0 Å². The summed E-state index contributed by atoms with van der Waals surface area (Å²) in [6, 6.07) is 1.36. The topological polar surface area (TPSA) is 12.0 Å². The lowest BCUT2D eigenvalue weighted by Gasteiger charge is -2.28. The van der Waals surface area contributed by atoms with E-state index in [-0.39, 0.29) is 24.0 Å². The maximum atomic E-state index is 13.1. The first-order chi connectivity index (χ1) is 6.18. The van der Waals surface area contributed by atoms with Gasteiger partial charge in [0.1, 0.15) is 5.82 Å². The van der Waals surface area contributed by atoms with Crippen LogP contribution in [0.5, 0.6) is 0 Å². The molecule has 0 amide bonds. The van der Waals surface area contributed by atoms with Crippen molar-refractivity contribution in [1.82, 2.24) is 5.32 Å². The van der Waals surface area contributed by atoms with Gasteiger partial charge in [0.05, 0.1) is 0 Å². The van der Waals surface area contributed by atoms with Gasteiger partial charge in [-0.25, -0.2) is 13.2 Å². The summed E-state index contributed by atoms with van der Waals surface area (Å²) in [6.45, 7) is 0.766. The molecule has 0 radical (unpaired) electrons. The van der Waals surface area contributed by atoms with Crippen molar-refractivity contribution in [2.45, 2.75) is 12.5 Å². The van der Waals surface area contributed by atoms with Gasteiger partial charge in [-0.05, 0) is 19.0 Å². The minimum atomic E-state index is -1.12. The zero-order chi connectivity index (χ0) is 9.42. The van der Waals surface area contributed by atoms with E-state index in [9.17, 15) is 13.2 Å². The molecule has 14 heavy (non-hydrogen) atoms. The van der Waals surface area contributed by atoms with Crippen molar-refractivity contribution in [3.8, 4) is 0 Å². The van der Waals surface area contributed by atoms with Crippen LogP contribution in [0.1, 0.15) is 18.0 Å². The quantitative estimate of drug-likeness (QED) is 0.722. The lowest BCUT2D eigenvalue weighted by molar-refractivity contribution is 0.360. The summed E-state index contributed by atoms with van der Waals surface area (Å²) in [5, 5.41) is 2.88. The van der Waals surface area contributed by atoms with Crippen molar-refractivity contribution in [2.75, 3.05) is 6.54 Å². The molecule has 0 bridgehead atoms. The predicted octanol–water partition coefficient (Wildman–Crippen LogP) is 2.56. The Morgan fingerprint density at radius 2 is 1.86 bits per heavy atom. The van der Waals surface area contributed by atoms with Crippen LogP contribution in [0.25, 0.3) is 0 Å². The van der Waals surface area contributed by atoms with Crippen LogP contribution >= 0.6 is 12.4 Å². The van der Waals surface area contributed by atoms with Gasteiger partial charge < -0.3 is 5.32 Å². The molecular formula is C9H9ClF3N. The van der Waals surface area contributed by atoms with Crippen LogP contribution in [-0.4, -0.2) is 6.54 Å². The Bertz CT molecular complexity index is 339. The molecule has 0 aliphatic carbocycles. The largest absolute Gasteiger partial charge is 0.310 e. The summed E-state index contributed by atoms with van der Waals surface area (Å²) in [6.07, 6.45) is 0.722. The van der Waals surface area contributed by atoms with Gasteiger partial charge in [0.15, 0.2) is 11.6 Å². The summed E-state index contributed by atoms with van der Waals surface area (Å²) in [5.41, 5.74) is 0.0868. The van der Waals surface area contributed by atoms with Gasteiger partial charge in [-0.2, -0.15) is 0 Å². The van der Waals surface area contributed by atoms with E-state index in [2.05, 4.69) is 5.32 Å². The molecule has 1 aliphatic rings. The van der Waals surface area contributed by atoms with Gasteiger partial charge in [-0.1, -0.05) is 0 Å². The molecule has 1 aliphatic heterocycles. The fourth-order valence-electron chi connectivity index (χ4n) is 1.38. The van der Waals surface area contributed by atoms with Crippen molar-refractivity contribution >= 4 is 12.4 Å². The molecule has 0 spiro atoms. The van der Waals surface area contributed by atoms with Crippen LogP contribution in [0.4, 0.5) is 13.2 Å². The van der Waals surface area contributed by atoms with Gasteiger partial charge in [-0.15, -0.1) is 12.4 Å². The highest BCUT2D eigenvalue weighted by Gasteiger charge is 2.24. The molecule has 1 aromatic carbocycles. The molecule has 1 N–H and O–H groups in total. The van der Waals surface area contributed by atoms with Crippen LogP contribution in [0.3, 0.4) is 0 Å². The Hall–Kier alpha value is -0.740. The fourth-order valence-corrected chi connectivity index (χ4v) is 1.38. The molecule has 2 rings (SSSR count). The Labute approximate surface area is 85.7 Å². The van der Waals surface area contributed by atoms with Crippen molar-refractivity contribution in [1.29, 1.82) is 0 Å². The highest BCUT2D eigenvalue weighted by Crippen LogP contribution is 2.27. The number of nitrogens with one attached hydrogen (secondary N) is 1. The van der Waals surface area contributed by atoms with E-state index in [4.69, 9.17) is 0 Å². The zero-order valence-electron chi connectivity index (χ0n) is 7.19. The smallest absolute Gasteiger partial charge is 0.163 e. The van der Waals surface area contributed by atoms with Gasteiger partial charge >= 0.3 is 0 Å². The maximum absolute atomic E-state index is 13.1. The lowest BCUT2D eigenvalue weighted by Crippen LogP contribution is -2.35. The van der Waals surface area contributed by atoms with Crippen LogP contribution in [0, 0.1) is 17.5 Å². The van der Waals surface area contributed by atoms with Gasteiger partial charge in [-0.3, -0.25) is 0 Å². The van der Waals surface area contributed by atoms with E-state index in [1.165, 1.54) is 0 Å². The summed E-state index contributed by atoms with van der Waals surface area (Å²) in [4.78, 5) is 0. The number of hydrogen-bond donors (Lipinski definition) is 1. The lowest BCUT2D eigenvalue weighted by atomic mass is 9.97. The summed E-state index contributed by atoms with van der Waals surface area (Å²) < 4.78 is 38.5. The normalized spacial score (nSPS) is 19.8. The van der Waals surface area contributed by atoms with Crippen LogP contribution in [0.2, 0.25) is 0 Å². The second-order valence-corrected chi connectivity index (χ2v) is 3.09. The monoisotopic (exact) mass is 223 g/mol. The second kappa shape index (κ2) is 4.19. The molecule has 1 aromatic rings. The molecule has 1 atom stereocenters. The molecule has 5 heteroatoms. The number of hydrogen-bond acceptors (Lipinski definition) is 1. The van der Waals surface area contributed by atoms with E-state index in [1.54, 1.807) is 0 Å². The molecule has 78 valence electrons. The molecular weight excluding hydrogens is 215 g/mol. The third-order valence-electron chi connectivity index (χ3n) is 2.22. The Balaban J connectivity index is 0.000000980. The number of benzene rings is 1. The summed E-state index contributed by atoms with van der Waals surface area (Å²) in [7, 11) is 0. The van der Waals surface area contributed by atoms with Crippen molar-refractivity contribution in [3.05, 3.63) is 35.1 Å². The first-order valence-electron chi connectivity index (χ1n) is 4.06. The highest BCUT2D eigenvalue weighted by molar-refractivity contribution is 5.85. The third kappa shape index (κ3) is 1.86. The van der Waals surface area contributed by atoms with Gasteiger partial charge in [0.2, 0.25) is 0 Å². The van der Waals surface area contributed by atoms with Gasteiger partial charge in [0, 0.05) is 17.7 Å². The molecule has 0 unspecified atom stereocenters.